The lowest BCUT2D eigenvalue weighted by atomic mass is 10.2. The molecule has 1 heterocycles. The Labute approximate surface area is 89.3 Å². The molecule has 0 aliphatic rings. The van der Waals surface area contributed by atoms with E-state index in [0.717, 1.165) is 23.2 Å². The second-order valence-corrected chi connectivity index (χ2v) is 4.81. The number of nitrogens with zero attached hydrogens (tertiary/aromatic N) is 3. The standard InChI is InChI=1S/C9H18N4S/c1-7(5-10-3)6-13(4)9-12-11-8(2)14-9/h7,10H,5-6H2,1-4H3. The Bertz CT molecular complexity index is 274. The SMILES string of the molecule is CNCC(C)CN(C)c1nnc(C)s1. The number of aromatic nitrogens is 2. The Morgan fingerprint density at radius 3 is 2.71 bits per heavy atom. The molecule has 1 aromatic rings. The average Bonchev–Trinajstić information content (AvgIpc) is 2.52. The molecule has 0 saturated carbocycles. The quantitative estimate of drug-likeness (QED) is 0.798. The lowest BCUT2D eigenvalue weighted by Crippen LogP contribution is -2.29. The molecule has 0 fully saturated rings. The summed E-state index contributed by atoms with van der Waals surface area (Å²) in [6.45, 7) is 6.24. The van der Waals surface area contributed by atoms with Crippen molar-refractivity contribution in [2.24, 2.45) is 5.92 Å². The van der Waals surface area contributed by atoms with Crippen molar-refractivity contribution in [3.8, 4) is 0 Å². The van der Waals surface area contributed by atoms with Crippen molar-refractivity contribution in [3.63, 3.8) is 0 Å². The van der Waals surface area contributed by atoms with Crippen LogP contribution in [0.25, 0.3) is 0 Å². The molecule has 1 N–H and O–H groups in total. The third kappa shape index (κ3) is 3.23. The number of nitrogens with one attached hydrogen (secondary N) is 1. The van der Waals surface area contributed by atoms with Gasteiger partial charge in [0.1, 0.15) is 5.01 Å². The first kappa shape index (κ1) is 11.4. The maximum atomic E-state index is 4.10. The van der Waals surface area contributed by atoms with Crippen LogP contribution in [0.1, 0.15) is 11.9 Å². The number of aryl methyl sites for hydroxylation is 1. The van der Waals surface area contributed by atoms with Crippen LogP contribution < -0.4 is 10.2 Å². The van der Waals surface area contributed by atoms with Crippen LogP contribution >= 0.6 is 11.3 Å². The van der Waals surface area contributed by atoms with Crippen LogP contribution in [-0.2, 0) is 0 Å². The van der Waals surface area contributed by atoms with E-state index in [4.69, 9.17) is 0 Å². The highest BCUT2D eigenvalue weighted by Crippen LogP contribution is 2.18. The molecule has 0 amide bonds. The summed E-state index contributed by atoms with van der Waals surface area (Å²) in [5.74, 6) is 0.620. The van der Waals surface area contributed by atoms with Crippen molar-refractivity contribution in [3.05, 3.63) is 5.01 Å². The molecular weight excluding hydrogens is 196 g/mol. The van der Waals surface area contributed by atoms with E-state index in [2.05, 4.69) is 34.4 Å². The number of rotatable bonds is 5. The molecule has 1 unspecified atom stereocenters. The number of anilines is 1. The predicted molar refractivity (Wildman–Crippen MR) is 61.0 cm³/mol. The molecule has 1 atom stereocenters. The zero-order valence-electron chi connectivity index (χ0n) is 9.24. The van der Waals surface area contributed by atoms with Gasteiger partial charge in [0.2, 0.25) is 5.13 Å². The topological polar surface area (TPSA) is 41.0 Å². The molecule has 0 saturated heterocycles. The Morgan fingerprint density at radius 1 is 1.50 bits per heavy atom. The van der Waals surface area contributed by atoms with Gasteiger partial charge in [0, 0.05) is 13.6 Å². The summed E-state index contributed by atoms with van der Waals surface area (Å²) < 4.78 is 0. The van der Waals surface area contributed by atoms with E-state index in [1.54, 1.807) is 11.3 Å². The second-order valence-electron chi connectivity index (χ2n) is 3.65. The first-order valence-electron chi connectivity index (χ1n) is 4.79. The molecule has 0 spiro atoms. The molecule has 0 radical (unpaired) electrons. The van der Waals surface area contributed by atoms with E-state index in [0.29, 0.717) is 5.92 Å². The van der Waals surface area contributed by atoms with E-state index in [9.17, 15) is 0 Å². The fourth-order valence-electron chi connectivity index (χ4n) is 1.40. The van der Waals surface area contributed by atoms with Gasteiger partial charge in [-0.15, -0.1) is 10.2 Å². The third-order valence-electron chi connectivity index (χ3n) is 1.98. The summed E-state index contributed by atoms with van der Waals surface area (Å²) in [6.07, 6.45) is 0. The monoisotopic (exact) mass is 214 g/mol. The molecule has 1 rings (SSSR count). The van der Waals surface area contributed by atoms with Gasteiger partial charge < -0.3 is 10.2 Å². The minimum absolute atomic E-state index is 0.620. The molecule has 80 valence electrons. The second kappa shape index (κ2) is 5.26. The number of hydrogen-bond acceptors (Lipinski definition) is 5. The molecule has 0 aliphatic carbocycles. The molecule has 1 aromatic heterocycles. The van der Waals surface area contributed by atoms with Crippen molar-refractivity contribution in [1.82, 2.24) is 15.5 Å². The summed E-state index contributed by atoms with van der Waals surface area (Å²) in [7, 11) is 4.04. The Kier molecular flexibility index (Phi) is 4.28. The smallest absolute Gasteiger partial charge is 0.208 e. The van der Waals surface area contributed by atoms with E-state index < -0.39 is 0 Å². The first-order chi connectivity index (χ1) is 6.63. The van der Waals surface area contributed by atoms with Crippen LogP contribution in [0.4, 0.5) is 5.13 Å². The first-order valence-corrected chi connectivity index (χ1v) is 5.61. The molecule has 0 bridgehead atoms. The third-order valence-corrected chi connectivity index (χ3v) is 2.93. The van der Waals surface area contributed by atoms with Gasteiger partial charge in [0.25, 0.3) is 0 Å². The van der Waals surface area contributed by atoms with E-state index in [1.807, 2.05) is 14.0 Å². The van der Waals surface area contributed by atoms with Gasteiger partial charge in [-0.3, -0.25) is 0 Å². The van der Waals surface area contributed by atoms with Crippen molar-refractivity contribution >= 4 is 16.5 Å². The van der Waals surface area contributed by atoms with E-state index in [-0.39, 0.29) is 0 Å². The van der Waals surface area contributed by atoms with E-state index in [1.165, 1.54) is 0 Å². The van der Waals surface area contributed by atoms with Gasteiger partial charge in [-0.25, -0.2) is 0 Å². The van der Waals surface area contributed by atoms with Gasteiger partial charge in [0.05, 0.1) is 0 Å². The highest BCUT2D eigenvalue weighted by molar-refractivity contribution is 7.15. The zero-order chi connectivity index (χ0) is 10.6. The fraction of sp³-hybridized carbons (Fsp3) is 0.778. The Balaban J connectivity index is 2.45. The van der Waals surface area contributed by atoms with Crippen LogP contribution in [0, 0.1) is 12.8 Å². The van der Waals surface area contributed by atoms with Gasteiger partial charge in [0.15, 0.2) is 0 Å². The van der Waals surface area contributed by atoms with Crippen LogP contribution in [0.2, 0.25) is 0 Å². The van der Waals surface area contributed by atoms with Gasteiger partial charge in [-0.2, -0.15) is 0 Å². The van der Waals surface area contributed by atoms with Crippen molar-refractivity contribution in [1.29, 1.82) is 0 Å². The maximum Gasteiger partial charge on any atom is 0.208 e. The minimum atomic E-state index is 0.620. The Morgan fingerprint density at radius 2 is 2.21 bits per heavy atom. The van der Waals surface area contributed by atoms with Gasteiger partial charge >= 0.3 is 0 Å². The maximum absolute atomic E-state index is 4.10. The zero-order valence-corrected chi connectivity index (χ0v) is 10.1. The van der Waals surface area contributed by atoms with Crippen molar-refractivity contribution < 1.29 is 0 Å². The van der Waals surface area contributed by atoms with Crippen LogP contribution in [-0.4, -0.2) is 37.4 Å². The molecule has 0 aromatic carbocycles. The lowest BCUT2D eigenvalue weighted by Gasteiger charge is -2.19. The fourth-order valence-corrected chi connectivity index (χ4v) is 2.06. The summed E-state index contributed by atoms with van der Waals surface area (Å²) in [4.78, 5) is 2.16. The highest BCUT2D eigenvalue weighted by Gasteiger charge is 2.09. The molecule has 4 nitrogen and oxygen atoms in total. The lowest BCUT2D eigenvalue weighted by molar-refractivity contribution is 0.541. The number of hydrogen-bond donors (Lipinski definition) is 1. The van der Waals surface area contributed by atoms with Gasteiger partial charge in [-0.1, -0.05) is 18.3 Å². The Hall–Kier alpha value is -0.680. The predicted octanol–water partition coefficient (Wildman–Crippen LogP) is 1.14. The minimum Gasteiger partial charge on any atom is -0.349 e. The normalized spacial score (nSPS) is 12.9. The van der Waals surface area contributed by atoms with Crippen molar-refractivity contribution in [2.75, 3.05) is 32.1 Å². The van der Waals surface area contributed by atoms with E-state index >= 15 is 0 Å². The van der Waals surface area contributed by atoms with Crippen molar-refractivity contribution in [2.45, 2.75) is 13.8 Å². The highest BCUT2D eigenvalue weighted by atomic mass is 32.1. The average molecular weight is 214 g/mol. The molecule has 0 aliphatic heterocycles. The van der Waals surface area contributed by atoms with Crippen LogP contribution in [0.3, 0.4) is 0 Å². The summed E-state index contributed by atoms with van der Waals surface area (Å²) >= 11 is 1.64. The molecular formula is C9H18N4S. The molecule has 5 heteroatoms. The van der Waals surface area contributed by atoms with Crippen LogP contribution in [0.15, 0.2) is 0 Å². The summed E-state index contributed by atoms with van der Waals surface area (Å²) in [5, 5.41) is 13.3. The summed E-state index contributed by atoms with van der Waals surface area (Å²) in [6, 6.07) is 0. The molecule has 14 heavy (non-hydrogen) atoms. The van der Waals surface area contributed by atoms with Gasteiger partial charge in [-0.05, 0) is 26.4 Å². The largest absolute Gasteiger partial charge is 0.349 e. The summed E-state index contributed by atoms with van der Waals surface area (Å²) in [5.41, 5.74) is 0. The van der Waals surface area contributed by atoms with Crippen LogP contribution in [0.5, 0.6) is 0 Å².